The first kappa shape index (κ1) is 21.8. The van der Waals surface area contributed by atoms with Gasteiger partial charge in [-0.1, -0.05) is 22.8 Å². The Kier molecular flexibility index (Phi) is 5.12. The highest BCUT2D eigenvalue weighted by molar-refractivity contribution is 7.90. The molecule has 1 saturated carbocycles. The van der Waals surface area contributed by atoms with Crippen LogP contribution in [0.1, 0.15) is 29.9 Å². The molecule has 0 spiro atoms. The molecule has 0 radical (unpaired) electrons. The van der Waals surface area contributed by atoms with Crippen LogP contribution >= 0.6 is 11.6 Å². The average molecular weight is 479 g/mol. The lowest BCUT2D eigenvalue weighted by Gasteiger charge is -2.12. The highest BCUT2D eigenvalue weighted by Gasteiger charge is 2.51. The first-order valence-electron chi connectivity index (χ1n) is 9.02. The quantitative estimate of drug-likeness (QED) is 0.499. The Morgan fingerprint density at radius 3 is 2.55 bits per heavy atom. The van der Waals surface area contributed by atoms with Crippen molar-refractivity contribution >= 4 is 21.4 Å². The summed E-state index contributed by atoms with van der Waals surface area (Å²) in [4.78, 5) is 4.25. The maximum atomic E-state index is 13.4. The van der Waals surface area contributed by atoms with Crippen LogP contribution in [0.15, 0.2) is 28.8 Å². The van der Waals surface area contributed by atoms with Gasteiger partial charge in [0.1, 0.15) is 21.3 Å². The summed E-state index contributed by atoms with van der Waals surface area (Å²) in [6.45, 7) is -0.323. The number of hydrogen-bond acceptors (Lipinski definition) is 6. The Labute approximate surface area is 178 Å². The number of aromatic nitrogens is 4. The maximum absolute atomic E-state index is 13.4. The average Bonchev–Trinajstić information content (AvgIpc) is 3.11. The number of halogens is 5. The fourth-order valence-electron chi connectivity index (χ4n) is 3.29. The smallest absolute Gasteiger partial charge is 0.332 e. The zero-order valence-corrected chi connectivity index (χ0v) is 17.5. The van der Waals surface area contributed by atoms with Crippen LogP contribution in [0.2, 0.25) is 5.02 Å². The maximum Gasteiger partial charge on any atom is 0.435 e. The summed E-state index contributed by atoms with van der Waals surface area (Å²) in [6, 6.07) is 4.65. The molecule has 13 heteroatoms. The number of benzene rings is 1. The van der Waals surface area contributed by atoms with Gasteiger partial charge in [-0.15, -0.1) is 0 Å². The van der Waals surface area contributed by atoms with Crippen molar-refractivity contribution in [2.45, 2.75) is 31.0 Å². The van der Waals surface area contributed by atoms with Crippen molar-refractivity contribution in [3.05, 3.63) is 52.2 Å². The normalized spacial score (nSPS) is 15.9. The monoisotopic (exact) mass is 478 g/mol. The molecule has 0 bridgehead atoms. The standard InChI is InChI=1S/C18H15ClF4N4O3S/c1-31(28,29)7-6-27-13(9-14(25-27)18(21,22)23)15-24-16(26-30-15)17(4-5-17)11-3-2-10(20)8-12(11)19/h2-3,8-9H,4-7H2,1H3. The van der Waals surface area contributed by atoms with E-state index in [1.807, 2.05) is 0 Å². The predicted octanol–water partition coefficient (Wildman–Crippen LogP) is 3.87. The lowest BCUT2D eigenvalue weighted by atomic mass is 9.95. The molecule has 4 rings (SSSR count). The van der Waals surface area contributed by atoms with Gasteiger partial charge in [0.25, 0.3) is 5.89 Å². The van der Waals surface area contributed by atoms with E-state index < -0.39 is 38.7 Å². The van der Waals surface area contributed by atoms with Crippen molar-refractivity contribution in [1.29, 1.82) is 0 Å². The van der Waals surface area contributed by atoms with Crippen molar-refractivity contribution in [2.24, 2.45) is 0 Å². The summed E-state index contributed by atoms with van der Waals surface area (Å²) in [5, 5.41) is 7.56. The van der Waals surface area contributed by atoms with Crippen LogP contribution in [0.4, 0.5) is 17.6 Å². The molecule has 166 valence electrons. The first-order valence-corrected chi connectivity index (χ1v) is 11.5. The van der Waals surface area contributed by atoms with E-state index in [9.17, 15) is 26.0 Å². The SMILES string of the molecule is CS(=O)(=O)CCn1nc(C(F)(F)F)cc1-c1nc(C2(c3ccc(F)cc3Cl)CC2)no1. The van der Waals surface area contributed by atoms with Crippen molar-refractivity contribution in [3.8, 4) is 11.6 Å². The third kappa shape index (κ3) is 4.31. The largest absolute Gasteiger partial charge is 0.435 e. The Bertz CT molecular complexity index is 1250. The molecule has 2 aromatic heterocycles. The molecule has 0 saturated heterocycles. The summed E-state index contributed by atoms with van der Waals surface area (Å²) in [7, 11) is -3.45. The van der Waals surface area contributed by atoms with Crippen LogP contribution in [0.5, 0.6) is 0 Å². The van der Waals surface area contributed by atoms with Crippen molar-refractivity contribution in [3.63, 3.8) is 0 Å². The topological polar surface area (TPSA) is 90.9 Å². The minimum absolute atomic E-state index is 0.157. The number of hydrogen-bond donors (Lipinski definition) is 0. The molecule has 7 nitrogen and oxygen atoms in total. The number of aryl methyl sites for hydroxylation is 1. The van der Waals surface area contributed by atoms with Crippen molar-refractivity contribution < 1.29 is 30.5 Å². The summed E-state index contributed by atoms with van der Waals surface area (Å²) in [5.41, 5.74) is -1.50. The van der Waals surface area contributed by atoms with Gasteiger partial charge in [-0.25, -0.2) is 12.8 Å². The van der Waals surface area contributed by atoms with E-state index in [0.29, 0.717) is 18.4 Å². The van der Waals surface area contributed by atoms with Gasteiger partial charge in [-0.3, -0.25) is 4.68 Å². The van der Waals surface area contributed by atoms with Gasteiger partial charge in [-0.05, 0) is 30.5 Å². The second-order valence-electron chi connectivity index (χ2n) is 7.40. The molecule has 0 unspecified atom stereocenters. The summed E-state index contributed by atoms with van der Waals surface area (Å²) in [6.07, 6.45) is -2.58. The Morgan fingerprint density at radius 2 is 1.97 bits per heavy atom. The summed E-state index contributed by atoms with van der Waals surface area (Å²) in [5.74, 6) is -0.973. The third-order valence-electron chi connectivity index (χ3n) is 5.01. The number of alkyl halides is 3. The first-order chi connectivity index (χ1) is 14.4. The van der Waals surface area contributed by atoms with Crippen LogP contribution in [0, 0.1) is 5.82 Å². The van der Waals surface area contributed by atoms with E-state index in [2.05, 4.69) is 15.2 Å². The van der Waals surface area contributed by atoms with Gasteiger partial charge in [0.15, 0.2) is 11.5 Å². The van der Waals surface area contributed by atoms with Gasteiger partial charge in [-0.2, -0.15) is 23.3 Å². The van der Waals surface area contributed by atoms with E-state index in [4.69, 9.17) is 16.1 Å². The zero-order chi connectivity index (χ0) is 22.6. The van der Waals surface area contributed by atoms with Crippen LogP contribution in [-0.2, 0) is 28.0 Å². The molecule has 0 amide bonds. The Hall–Kier alpha value is -2.47. The zero-order valence-electron chi connectivity index (χ0n) is 15.9. The molecule has 1 aliphatic rings. The van der Waals surface area contributed by atoms with Crippen LogP contribution in [0.25, 0.3) is 11.6 Å². The van der Waals surface area contributed by atoms with E-state index in [1.54, 1.807) is 0 Å². The molecule has 3 aromatic rings. The Morgan fingerprint density at radius 1 is 1.26 bits per heavy atom. The van der Waals surface area contributed by atoms with E-state index in [0.717, 1.165) is 23.1 Å². The number of nitrogens with zero attached hydrogens (tertiary/aromatic N) is 4. The molecule has 1 fully saturated rings. The summed E-state index contributed by atoms with van der Waals surface area (Å²) < 4.78 is 81.9. The lowest BCUT2D eigenvalue weighted by Crippen LogP contribution is -2.14. The fourth-order valence-corrected chi connectivity index (χ4v) is 4.14. The van der Waals surface area contributed by atoms with Gasteiger partial charge in [0.05, 0.1) is 17.7 Å². The van der Waals surface area contributed by atoms with Gasteiger partial charge >= 0.3 is 6.18 Å². The van der Waals surface area contributed by atoms with Crippen molar-refractivity contribution in [2.75, 3.05) is 12.0 Å². The number of rotatable bonds is 6. The fraction of sp³-hybridized carbons (Fsp3) is 0.389. The highest BCUT2D eigenvalue weighted by atomic mass is 35.5. The molecular formula is C18H15ClF4N4O3S. The minimum Gasteiger partial charge on any atom is -0.332 e. The van der Waals surface area contributed by atoms with E-state index >= 15 is 0 Å². The van der Waals surface area contributed by atoms with Crippen LogP contribution < -0.4 is 0 Å². The molecule has 0 atom stereocenters. The minimum atomic E-state index is -4.74. The highest BCUT2D eigenvalue weighted by Crippen LogP contribution is 2.54. The third-order valence-corrected chi connectivity index (χ3v) is 6.25. The predicted molar refractivity (Wildman–Crippen MR) is 102 cm³/mol. The van der Waals surface area contributed by atoms with Crippen LogP contribution in [-0.4, -0.2) is 40.3 Å². The Balaban J connectivity index is 1.72. The van der Waals surface area contributed by atoms with E-state index in [-0.39, 0.29) is 29.0 Å². The van der Waals surface area contributed by atoms with Crippen molar-refractivity contribution in [1.82, 2.24) is 19.9 Å². The second kappa shape index (κ2) is 7.30. The molecule has 0 aliphatic heterocycles. The van der Waals surface area contributed by atoms with Gasteiger partial charge in [0.2, 0.25) is 0 Å². The molecular weight excluding hydrogens is 464 g/mol. The van der Waals surface area contributed by atoms with Gasteiger partial charge in [0, 0.05) is 17.3 Å². The van der Waals surface area contributed by atoms with Gasteiger partial charge < -0.3 is 4.52 Å². The lowest BCUT2D eigenvalue weighted by molar-refractivity contribution is -0.141. The molecule has 1 aromatic carbocycles. The number of sulfone groups is 1. The molecule has 0 N–H and O–H groups in total. The van der Waals surface area contributed by atoms with Crippen LogP contribution in [0.3, 0.4) is 0 Å². The molecule has 31 heavy (non-hydrogen) atoms. The molecule has 2 heterocycles. The van der Waals surface area contributed by atoms with E-state index in [1.165, 1.54) is 12.1 Å². The summed E-state index contributed by atoms with van der Waals surface area (Å²) >= 11 is 6.17. The molecule has 1 aliphatic carbocycles. The second-order valence-corrected chi connectivity index (χ2v) is 10.1.